The van der Waals surface area contributed by atoms with E-state index in [0.717, 1.165) is 21.0 Å². The summed E-state index contributed by atoms with van der Waals surface area (Å²) >= 11 is 7.42. The van der Waals surface area contributed by atoms with Crippen LogP contribution >= 0.6 is 22.9 Å². The number of carbonyl (C=O) groups excluding carboxylic acids is 1. The number of nitrogens with one attached hydrogen (secondary N) is 1. The van der Waals surface area contributed by atoms with Gasteiger partial charge >= 0.3 is 0 Å². The molecule has 2 aromatic carbocycles. The van der Waals surface area contributed by atoms with Crippen LogP contribution in [0.4, 0.5) is 0 Å². The summed E-state index contributed by atoms with van der Waals surface area (Å²) < 4.78 is 1.89. The first-order valence-corrected chi connectivity index (χ1v) is 8.95. The molecule has 0 aliphatic carbocycles. The zero-order valence-electron chi connectivity index (χ0n) is 13.1. The Labute approximate surface area is 153 Å². The van der Waals surface area contributed by atoms with Crippen molar-refractivity contribution in [1.82, 2.24) is 14.7 Å². The molecule has 0 bridgehead atoms. The molecule has 124 valence electrons. The Morgan fingerprint density at radius 3 is 2.56 bits per heavy atom. The summed E-state index contributed by atoms with van der Waals surface area (Å²) in [6.07, 6.45) is 3.76. The summed E-state index contributed by atoms with van der Waals surface area (Å²) in [4.78, 5) is 18.7. The topological polar surface area (TPSA) is 46.4 Å². The van der Waals surface area contributed by atoms with E-state index in [1.54, 1.807) is 29.7 Å². The van der Waals surface area contributed by atoms with Gasteiger partial charge in [0.05, 0.1) is 4.88 Å². The van der Waals surface area contributed by atoms with Gasteiger partial charge in [-0.2, -0.15) is 0 Å². The van der Waals surface area contributed by atoms with Gasteiger partial charge in [-0.3, -0.25) is 9.20 Å². The first-order valence-electron chi connectivity index (χ1n) is 7.76. The van der Waals surface area contributed by atoms with E-state index in [9.17, 15) is 4.79 Å². The van der Waals surface area contributed by atoms with E-state index in [-0.39, 0.29) is 5.91 Å². The van der Waals surface area contributed by atoms with Crippen LogP contribution in [0.3, 0.4) is 0 Å². The highest BCUT2D eigenvalue weighted by molar-refractivity contribution is 7.20. The molecule has 6 heteroatoms. The minimum Gasteiger partial charge on any atom is -0.347 e. The molecular formula is C19H14ClN3OS. The minimum absolute atomic E-state index is 0.188. The van der Waals surface area contributed by atoms with Gasteiger partial charge in [0.2, 0.25) is 0 Å². The van der Waals surface area contributed by atoms with Crippen molar-refractivity contribution >= 4 is 33.8 Å². The maximum Gasteiger partial charge on any atom is 0.271 e. The number of benzene rings is 2. The first-order chi connectivity index (χ1) is 12.2. The molecule has 1 N–H and O–H groups in total. The predicted molar refractivity (Wildman–Crippen MR) is 101 cm³/mol. The summed E-state index contributed by atoms with van der Waals surface area (Å²) in [5.41, 5.74) is 2.55. The summed E-state index contributed by atoms with van der Waals surface area (Å²) in [5, 5.41) is 3.56. The molecule has 1 amide bonds. The second-order valence-corrected chi connectivity index (χ2v) is 7.03. The second kappa shape index (κ2) is 6.70. The van der Waals surface area contributed by atoms with E-state index in [1.807, 2.05) is 40.9 Å². The number of carbonyl (C=O) groups is 1. The van der Waals surface area contributed by atoms with Crippen molar-refractivity contribution in [3.8, 4) is 10.4 Å². The smallest absolute Gasteiger partial charge is 0.271 e. The second-order valence-electron chi connectivity index (χ2n) is 5.59. The average molecular weight is 368 g/mol. The maximum atomic E-state index is 12.3. The average Bonchev–Trinajstić information content (AvgIpc) is 3.21. The maximum absolute atomic E-state index is 12.3. The van der Waals surface area contributed by atoms with Crippen LogP contribution in [-0.2, 0) is 6.54 Å². The third kappa shape index (κ3) is 3.43. The van der Waals surface area contributed by atoms with Crippen molar-refractivity contribution in [2.24, 2.45) is 0 Å². The molecule has 0 aliphatic rings. The number of amides is 1. The summed E-state index contributed by atoms with van der Waals surface area (Å²) in [6.45, 7) is 0.441. The van der Waals surface area contributed by atoms with Crippen LogP contribution in [0.2, 0.25) is 5.02 Å². The van der Waals surface area contributed by atoms with Gasteiger partial charge in [-0.1, -0.05) is 65.4 Å². The van der Waals surface area contributed by atoms with Gasteiger partial charge in [0.25, 0.3) is 5.91 Å². The molecule has 2 aromatic heterocycles. The SMILES string of the molecule is O=C(NCc1ccc(Cl)cc1)c1cn2cc(-c3ccccc3)sc2n1. The fourth-order valence-electron chi connectivity index (χ4n) is 2.52. The lowest BCUT2D eigenvalue weighted by Gasteiger charge is -2.03. The highest BCUT2D eigenvalue weighted by atomic mass is 35.5. The van der Waals surface area contributed by atoms with Gasteiger partial charge in [0.1, 0.15) is 5.69 Å². The molecule has 0 unspecified atom stereocenters. The number of nitrogens with zero attached hydrogens (tertiary/aromatic N) is 2. The van der Waals surface area contributed by atoms with E-state index < -0.39 is 0 Å². The zero-order valence-corrected chi connectivity index (χ0v) is 14.7. The number of aromatic nitrogens is 2. The molecule has 2 heterocycles. The van der Waals surface area contributed by atoms with Crippen LogP contribution in [0.5, 0.6) is 0 Å². The van der Waals surface area contributed by atoms with Crippen molar-refractivity contribution in [2.75, 3.05) is 0 Å². The molecule has 25 heavy (non-hydrogen) atoms. The fourth-order valence-corrected chi connectivity index (χ4v) is 3.61. The predicted octanol–water partition coefficient (Wildman–Crippen LogP) is 4.65. The number of imidazole rings is 1. The van der Waals surface area contributed by atoms with Gasteiger partial charge in [-0.25, -0.2) is 4.98 Å². The highest BCUT2D eigenvalue weighted by Crippen LogP contribution is 2.28. The molecule has 0 spiro atoms. The summed E-state index contributed by atoms with van der Waals surface area (Å²) in [7, 11) is 0. The summed E-state index contributed by atoms with van der Waals surface area (Å²) in [6, 6.07) is 17.5. The number of rotatable bonds is 4. The molecule has 0 radical (unpaired) electrons. The highest BCUT2D eigenvalue weighted by Gasteiger charge is 2.13. The normalized spacial score (nSPS) is 10.9. The third-order valence-corrected chi connectivity index (χ3v) is 5.11. The quantitative estimate of drug-likeness (QED) is 0.570. The molecule has 0 fully saturated rings. The Bertz CT molecular complexity index is 990. The fraction of sp³-hybridized carbons (Fsp3) is 0.0526. The van der Waals surface area contributed by atoms with Crippen molar-refractivity contribution in [1.29, 1.82) is 0 Å². The number of halogens is 1. The van der Waals surface area contributed by atoms with Gasteiger partial charge in [-0.15, -0.1) is 0 Å². The Kier molecular flexibility index (Phi) is 4.26. The van der Waals surface area contributed by atoms with Crippen molar-refractivity contribution in [3.05, 3.63) is 83.3 Å². The van der Waals surface area contributed by atoms with E-state index >= 15 is 0 Å². The lowest BCUT2D eigenvalue weighted by atomic mass is 10.2. The van der Waals surface area contributed by atoms with Crippen LogP contribution in [0, 0.1) is 0 Å². The lowest BCUT2D eigenvalue weighted by Crippen LogP contribution is -2.23. The Hall–Kier alpha value is -2.63. The molecule has 0 atom stereocenters. The molecule has 0 saturated carbocycles. The van der Waals surface area contributed by atoms with Crippen LogP contribution in [-0.4, -0.2) is 15.3 Å². The molecule has 4 rings (SSSR count). The third-order valence-electron chi connectivity index (χ3n) is 3.81. The molecule has 0 aliphatic heterocycles. The number of hydrogen-bond donors (Lipinski definition) is 1. The van der Waals surface area contributed by atoms with Crippen LogP contribution in [0.1, 0.15) is 16.1 Å². The van der Waals surface area contributed by atoms with Gasteiger partial charge in [0.15, 0.2) is 4.96 Å². The van der Waals surface area contributed by atoms with Crippen molar-refractivity contribution in [2.45, 2.75) is 6.54 Å². The largest absolute Gasteiger partial charge is 0.347 e. The van der Waals surface area contributed by atoms with Crippen molar-refractivity contribution < 1.29 is 4.79 Å². The molecular weight excluding hydrogens is 354 g/mol. The Balaban J connectivity index is 1.49. The lowest BCUT2D eigenvalue weighted by molar-refractivity contribution is 0.0946. The van der Waals surface area contributed by atoms with E-state index in [1.165, 1.54) is 0 Å². The van der Waals surface area contributed by atoms with Crippen LogP contribution in [0.25, 0.3) is 15.4 Å². The Morgan fingerprint density at radius 2 is 1.84 bits per heavy atom. The molecule has 4 nitrogen and oxygen atoms in total. The summed E-state index contributed by atoms with van der Waals surface area (Å²) in [5.74, 6) is -0.188. The van der Waals surface area contributed by atoms with Gasteiger partial charge in [0, 0.05) is 24.0 Å². The van der Waals surface area contributed by atoms with E-state index in [0.29, 0.717) is 17.3 Å². The number of thiazole rings is 1. The first kappa shape index (κ1) is 15.9. The standard InChI is InChI=1S/C19H14ClN3OS/c20-15-8-6-13(7-9-15)10-21-18(24)16-11-23-12-17(25-19(23)22-16)14-4-2-1-3-5-14/h1-9,11-12H,10H2,(H,21,24). The Morgan fingerprint density at radius 1 is 1.08 bits per heavy atom. The van der Waals surface area contributed by atoms with Gasteiger partial charge < -0.3 is 5.32 Å². The molecule has 0 saturated heterocycles. The molecule has 4 aromatic rings. The van der Waals surface area contributed by atoms with E-state index in [4.69, 9.17) is 11.6 Å². The van der Waals surface area contributed by atoms with Gasteiger partial charge in [-0.05, 0) is 23.3 Å². The number of hydrogen-bond acceptors (Lipinski definition) is 3. The van der Waals surface area contributed by atoms with Crippen LogP contribution in [0.15, 0.2) is 67.0 Å². The van der Waals surface area contributed by atoms with Crippen LogP contribution < -0.4 is 5.32 Å². The monoisotopic (exact) mass is 367 g/mol. The van der Waals surface area contributed by atoms with Crippen molar-refractivity contribution in [3.63, 3.8) is 0 Å². The minimum atomic E-state index is -0.188. The number of fused-ring (bicyclic) bond motifs is 1. The zero-order chi connectivity index (χ0) is 17.2. The van der Waals surface area contributed by atoms with E-state index in [2.05, 4.69) is 22.4 Å².